The van der Waals surface area contributed by atoms with Gasteiger partial charge < -0.3 is 15.1 Å². The number of benzene rings is 3. The van der Waals surface area contributed by atoms with Crippen molar-refractivity contribution in [1.82, 2.24) is 9.80 Å². The molecule has 0 bridgehead atoms. The van der Waals surface area contributed by atoms with E-state index in [1.165, 1.54) is 0 Å². The smallest absolute Gasteiger partial charge is 0.352 e. The molecule has 0 fully saturated rings. The Hall–Kier alpha value is -3.90. The average Bonchev–Trinajstić information content (AvgIpc) is 2.80. The Kier molecular flexibility index (Phi) is 6.33. The maximum Gasteiger partial charge on any atom is 0.352 e. The molecule has 1 unspecified atom stereocenters. The van der Waals surface area contributed by atoms with Gasteiger partial charge in [-0.15, -0.1) is 0 Å². The van der Waals surface area contributed by atoms with Crippen molar-refractivity contribution in [3.8, 4) is 0 Å². The molecule has 1 aliphatic heterocycles. The van der Waals surface area contributed by atoms with E-state index in [0.717, 1.165) is 16.7 Å². The highest BCUT2D eigenvalue weighted by molar-refractivity contribution is 5.99. The van der Waals surface area contributed by atoms with Crippen LogP contribution < -0.4 is 0 Å². The van der Waals surface area contributed by atoms with Crippen LogP contribution in [0.15, 0.2) is 102 Å². The van der Waals surface area contributed by atoms with Crippen molar-refractivity contribution in [2.24, 2.45) is 0 Å². The lowest BCUT2D eigenvalue weighted by Gasteiger charge is -2.45. The molecule has 2 N–H and O–H groups in total. The maximum atomic E-state index is 12.3. The third-order valence-corrected chi connectivity index (χ3v) is 5.56. The lowest BCUT2D eigenvalue weighted by Crippen LogP contribution is -2.49. The fourth-order valence-corrected chi connectivity index (χ4v) is 4.20. The third kappa shape index (κ3) is 4.55. The number of hydrogen-bond acceptors (Lipinski definition) is 4. The summed E-state index contributed by atoms with van der Waals surface area (Å²) in [7, 11) is 0. The first-order valence-corrected chi connectivity index (χ1v) is 10.4. The molecule has 1 heterocycles. The first-order chi connectivity index (χ1) is 15.5. The Morgan fingerprint density at radius 1 is 0.719 bits per heavy atom. The number of hydrogen-bond donors (Lipinski definition) is 2. The molecule has 3 aromatic rings. The normalized spacial score (nSPS) is 16.8. The molecule has 32 heavy (non-hydrogen) atoms. The fourth-order valence-electron chi connectivity index (χ4n) is 4.20. The van der Waals surface area contributed by atoms with Crippen LogP contribution in [0, 0.1) is 0 Å². The van der Waals surface area contributed by atoms with Crippen molar-refractivity contribution in [1.29, 1.82) is 0 Å². The summed E-state index contributed by atoms with van der Waals surface area (Å²) in [5, 5.41) is 20.0. The Balaban J connectivity index is 1.86. The number of rotatable bonds is 7. The number of carbonyl (C=O) groups is 2. The summed E-state index contributed by atoms with van der Waals surface area (Å²) < 4.78 is 0. The molecule has 3 aromatic carbocycles. The lowest BCUT2D eigenvalue weighted by molar-refractivity contribution is -0.140. The van der Waals surface area contributed by atoms with Crippen molar-refractivity contribution in [3.05, 3.63) is 119 Å². The monoisotopic (exact) mass is 428 g/mol. The van der Waals surface area contributed by atoms with Crippen molar-refractivity contribution in [2.45, 2.75) is 19.3 Å². The number of aliphatic carboxylic acids is 2. The minimum absolute atomic E-state index is 0.0245. The Morgan fingerprint density at radius 2 is 1.22 bits per heavy atom. The largest absolute Gasteiger partial charge is 0.478 e. The van der Waals surface area contributed by atoms with Crippen LogP contribution in [0.25, 0.3) is 0 Å². The van der Waals surface area contributed by atoms with E-state index >= 15 is 0 Å². The number of carboxylic acids is 2. The van der Waals surface area contributed by atoms with E-state index in [9.17, 15) is 19.8 Å². The van der Waals surface area contributed by atoms with E-state index < -0.39 is 18.1 Å². The van der Waals surface area contributed by atoms with Gasteiger partial charge in [0.1, 0.15) is 11.9 Å². The number of nitrogens with zero attached hydrogens (tertiary/aromatic N) is 2. The van der Waals surface area contributed by atoms with Crippen LogP contribution in [0.5, 0.6) is 0 Å². The van der Waals surface area contributed by atoms with Gasteiger partial charge in [0.05, 0.1) is 5.57 Å². The van der Waals surface area contributed by atoms with E-state index in [-0.39, 0.29) is 24.4 Å². The van der Waals surface area contributed by atoms with Gasteiger partial charge in [0.2, 0.25) is 0 Å². The zero-order chi connectivity index (χ0) is 22.5. The molecule has 1 aliphatic rings. The molecule has 1 atom stereocenters. The summed E-state index contributed by atoms with van der Waals surface area (Å²) in [4.78, 5) is 28.2. The highest BCUT2D eigenvalue weighted by atomic mass is 16.4. The Labute approximate surface area is 186 Å². The second kappa shape index (κ2) is 9.49. The second-order valence-corrected chi connectivity index (χ2v) is 7.73. The Morgan fingerprint density at radius 3 is 1.72 bits per heavy atom. The SMILES string of the molecule is O=C(O)C1=C(C(=O)O)N(Cc2ccccc2)C(c2ccccc2)N(Cc2ccccc2)C1. The first kappa shape index (κ1) is 21.3. The van der Waals surface area contributed by atoms with Crippen LogP contribution in [-0.4, -0.2) is 38.5 Å². The van der Waals surface area contributed by atoms with Crippen LogP contribution in [0.2, 0.25) is 0 Å². The molecular weight excluding hydrogens is 404 g/mol. The molecule has 0 saturated carbocycles. The summed E-state index contributed by atoms with van der Waals surface area (Å²) in [6.45, 7) is 0.774. The molecule has 0 spiro atoms. The fraction of sp³-hybridized carbons (Fsp3) is 0.154. The van der Waals surface area contributed by atoms with E-state index in [0.29, 0.717) is 6.54 Å². The van der Waals surface area contributed by atoms with Gasteiger partial charge in [-0.05, 0) is 16.7 Å². The van der Waals surface area contributed by atoms with E-state index in [1.54, 1.807) is 4.90 Å². The standard InChI is InChI=1S/C26H24N2O4/c29-25(30)22-18-27(16-19-10-4-1-5-11-19)24(21-14-8-3-9-15-21)28(23(22)26(31)32)17-20-12-6-2-7-13-20/h1-15,24H,16-18H2,(H,29,30)(H,31,32). The summed E-state index contributed by atoms with van der Waals surface area (Å²) >= 11 is 0. The van der Waals surface area contributed by atoms with E-state index in [1.807, 2.05) is 95.9 Å². The highest BCUT2D eigenvalue weighted by Crippen LogP contribution is 2.37. The Bertz CT molecular complexity index is 1110. The van der Waals surface area contributed by atoms with E-state index in [4.69, 9.17) is 0 Å². The zero-order valence-corrected chi connectivity index (χ0v) is 17.5. The van der Waals surface area contributed by atoms with Crippen LogP contribution in [0.4, 0.5) is 0 Å². The summed E-state index contributed by atoms with van der Waals surface area (Å²) in [5.41, 5.74) is 2.55. The maximum absolute atomic E-state index is 12.3. The van der Waals surface area contributed by atoms with Gasteiger partial charge >= 0.3 is 11.9 Å². The van der Waals surface area contributed by atoms with Crippen molar-refractivity contribution >= 4 is 11.9 Å². The van der Waals surface area contributed by atoms with Crippen LogP contribution in [0.3, 0.4) is 0 Å². The molecular formula is C26H24N2O4. The molecule has 0 aromatic heterocycles. The molecule has 6 nitrogen and oxygen atoms in total. The highest BCUT2D eigenvalue weighted by Gasteiger charge is 2.40. The predicted octanol–water partition coefficient (Wildman–Crippen LogP) is 4.13. The molecule has 0 amide bonds. The van der Waals surface area contributed by atoms with Crippen molar-refractivity contribution in [2.75, 3.05) is 6.54 Å². The molecule has 6 heteroatoms. The minimum atomic E-state index is -1.24. The van der Waals surface area contributed by atoms with Gasteiger partial charge in [0.15, 0.2) is 0 Å². The van der Waals surface area contributed by atoms with Crippen LogP contribution >= 0.6 is 0 Å². The summed E-state index contributed by atoms with van der Waals surface area (Å²) in [6.07, 6.45) is -0.439. The molecule has 0 radical (unpaired) electrons. The molecule has 4 rings (SSSR count). The summed E-state index contributed by atoms with van der Waals surface area (Å²) in [5.74, 6) is -2.45. The predicted molar refractivity (Wildman–Crippen MR) is 120 cm³/mol. The van der Waals surface area contributed by atoms with Gasteiger partial charge in [-0.1, -0.05) is 91.0 Å². The van der Waals surface area contributed by atoms with Crippen LogP contribution in [0.1, 0.15) is 22.9 Å². The number of carboxylic acid groups (broad SMARTS) is 2. The summed E-state index contributed by atoms with van der Waals surface area (Å²) in [6, 6.07) is 28.9. The van der Waals surface area contributed by atoms with Crippen molar-refractivity contribution in [3.63, 3.8) is 0 Å². The zero-order valence-electron chi connectivity index (χ0n) is 17.5. The van der Waals surface area contributed by atoms with Gasteiger partial charge in [0.25, 0.3) is 0 Å². The van der Waals surface area contributed by atoms with Crippen LogP contribution in [-0.2, 0) is 22.7 Å². The van der Waals surface area contributed by atoms with Gasteiger partial charge in [-0.25, -0.2) is 9.59 Å². The first-order valence-electron chi connectivity index (χ1n) is 10.4. The molecule has 0 aliphatic carbocycles. The third-order valence-electron chi connectivity index (χ3n) is 5.56. The average molecular weight is 428 g/mol. The topological polar surface area (TPSA) is 81.1 Å². The quantitative estimate of drug-likeness (QED) is 0.589. The van der Waals surface area contributed by atoms with Gasteiger partial charge in [0, 0.05) is 19.6 Å². The van der Waals surface area contributed by atoms with Crippen molar-refractivity contribution < 1.29 is 19.8 Å². The molecule has 0 saturated heterocycles. The lowest BCUT2D eigenvalue weighted by atomic mass is 10.00. The second-order valence-electron chi connectivity index (χ2n) is 7.73. The van der Waals surface area contributed by atoms with Gasteiger partial charge in [-0.3, -0.25) is 4.90 Å². The molecule has 162 valence electrons. The minimum Gasteiger partial charge on any atom is -0.478 e. The van der Waals surface area contributed by atoms with Gasteiger partial charge in [-0.2, -0.15) is 0 Å². The van der Waals surface area contributed by atoms with E-state index in [2.05, 4.69) is 0 Å².